The van der Waals surface area contributed by atoms with Crippen molar-refractivity contribution in [2.24, 2.45) is 5.10 Å². The van der Waals surface area contributed by atoms with E-state index in [4.69, 9.17) is 10.5 Å². The van der Waals surface area contributed by atoms with E-state index in [1.165, 1.54) is 29.2 Å². The van der Waals surface area contributed by atoms with Gasteiger partial charge in [-0.2, -0.15) is 15.1 Å². The van der Waals surface area contributed by atoms with E-state index in [0.29, 0.717) is 5.56 Å². The lowest BCUT2D eigenvalue weighted by Gasteiger charge is -2.16. The van der Waals surface area contributed by atoms with E-state index in [2.05, 4.69) is 25.5 Å². The third kappa shape index (κ3) is 3.61. The largest absolute Gasteiger partial charge is 0.394 e. The predicted molar refractivity (Wildman–Crippen MR) is 100 cm³/mol. The third-order valence-corrected chi connectivity index (χ3v) is 4.47. The fourth-order valence-corrected chi connectivity index (χ4v) is 3.04. The van der Waals surface area contributed by atoms with Gasteiger partial charge < -0.3 is 25.8 Å². The maximum absolute atomic E-state index is 13.2. The molecule has 4 atom stereocenters. The number of hydrogen-bond acceptors (Lipinski definition) is 10. The summed E-state index contributed by atoms with van der Waals surface area (Å²) in [6.45, 7) is -0.458. The van der Waals surface area contributed by atoms with Gasteiger partial charge in [0, 0.05) is 0 Å². The van der Waals surface area contributed by atoms with Crippen molar-refractivity contribution in [3.63, 3.8) is 0 Å². The van der Waals surface area contributed by atoms with Crippen LogP contribution in [0.2, 0.25) is 0 Å². The molecule has 0 spiro atoms. The van der Waals surface area contributed by atoms with Crippen LogP contribution in [0.25, 0.3) is 11.2 Å². The summed E-state index contributed by atoms with van der Waals surface area (Å²) in [6, 6.07) is 5.85. The van der Waals surface area contributed by atoms with E-state index in [9.17, 15) is 19.7 Å². The summed E-state index contributed by atoms with van der Waals surface area (Å²) in [4.78, 5) is 12.5. The number of imidazole rings is 1. The number of anilines is 2. The summed E-state index contributed by atoms with van der Waals surface area (Å²) in [7, 11) is 0. The maximum atomic E-state index is 13.2. The standard InChI is InChI=1S/C17H18FN7O4/c18-9-3-1-2-8(4-9)5-21-24-17-22-14(19)11-15(23-17)25(7-20-11)16-13(28)12(27)10(6-26)29-16/h1-5,7,10,12-13,16,26-28H,6H2,(H3,19,22,23,24)/b21-5+/t10-,12-,13-,16?/m1/s1. The summed E-state index contributed by atoms with van der Waals surface area (Å²) in [5.74, 6) is -0.293. The highest BCUT2D eigenvalue weighted by molar-refractivity contribution is 5.83. The van der Waals surface area contributed by atoms with Crippen LogP contribution in [-0.2, 0) is 4.74 Å². The first kappa shape index (κ1) is 19.1. The molecule has 4 rings (SSSR count). The second kappa shape index (κ2) is 7.67. The summed E-state index contributed by atoms with van der Waals surface area (Å²) < 4.78 is 20.1. The molecule has 1 aliphatic heterocycles. The zero-order valence-corrected chi connectivity index (χ0v) is 14.9. The van der Waals surface area contributed by atoms with Crippen LogP contribution < -0.4 is 11.2 Å². The monoisotopic (exact) mass is 403 g/mol. The lowest BCUT2D eigenvalue weighted by Crippen LogP contribution is -2.33. The van der Waals surface area contributed by atoms with Crippen molar-refractivity contribution in [1.29, 1.82) is 0 Å². The molecule has 1 saturated heterocycles. The van der Waals surface area contributed by atoms with Crippen molar-refractivity contribution < 1.29 is 24.4 Å². The van der Waals surface area contributed by atoms with Crippen LogP contribution in [0.1, 0.15) is 11.8 Å². The lowest BCUT2D eigenvalue weighted by molar-refractivity contribution is -0.0511. The van der Waals surface area contributed by atoms with E-state index in [1.54, 1.807) is 12.1 Å². The molecule has 2 aromatic heterocycles. The summed E-state index contributed by atoms with van der Waals surface area (Å²) in [6.07, 6.45) is -1.81. The van der Waals surface area contributed by atoms with Crippen molar-refractivity contribution in [3.8, 4) is 0 Å². The van der Waals surface area contributed by atoms with Gasteiger partial charge in [-0.3, -0.25) is 4.57 Å². The number of nitrogens with zero attached hydrogens (tertiary/aromatic N) is 5. The number of aliphatic hydroxyl groups excluding tert-OH is 3. The molecule has 0 amide bonds. The molecular formula is C17H18FN7O4. The molecule has 0 aliphatic carbocycles. The number of nitrogens with one attached hydrogen (secondary N) is 1. The number of ether oxygens (including phenoxy) is 1. The zero-order chi connectivity index (χ0) is 20.5. The Morgan fingerprint density at radius 1 is 1.31 bits per heavy atom. The number of aliphatic hydroxyl groups is 3. The van der Waals surface area contributed by atoms with Crippen molar-refractivity contribution >= 4 is 29.1 Å². The number of fused-ring (bicyclic) bond motifs is 1. The van der Waals surface area contributed by atoms with Crippen LogP contribution in [0.3, 0.4) is 0 Å². The van der Waals surface area contributed by atoms with Crippen LogP contribution in [0.15, 0.2) is 35.7 Å². The van der Waals surface area contributed by atoms with Gasteiger partial charge >= 0.3 is 0 Å². The average Bonchev–Trinajstić information content (AvgIpc) is 3.24. The average molecular weight is 403 g/mol. The van der Waals surface area contributed by atoms with Gasteiger partial charge in [0.15, 0.2) is 17.7 Å². The fraction of sp³-hybridized carbons (Fsp3) is 0.294. The Morgan fingerprint density at radius 2 is 2.14 bits per heavy atom. The van der Waals surface area contributed by atoms with E-state index in [1.807, 2.05) is 0 Å². The molecule has 152 valence electrons. The smallest absolute Gasteiger partial charge is 0.247 e. The van der Waals surface area contributed by atoms with Crippen LogP contribution in [0.5, 0.6) is 0 Å². The predicted octanol–water partition coefficient (Wildman–Crippen LogP) is -0.395. The minimum atomic E-state index is -1.30. The first-order valence-electron chi connectivity index (χ1n) is 8.65. The minimum absolute atomic E-state index is 0.0381. The summed E-state index contributed by atoms with van der Waals surface area (Å²) in [5.41, 5.74) is 9.56. The van der Waals surface area contributed by atoms with Gasteiger partial charge in [-0.05, 0) is 17.7 Å². The van der Waals surface area contributed by atoms with Crippen LogP contribution in [0.4, 0.5) is 16.2 Å². The van der Waals surface area contributed by atoms with Crippen molar-refractivity contribution in [3.05, 3.63) is 42.0 Å². The molecule has 0 radical (unpaired) electrons. The van der Waals surface area contributed by atoms with Crippen molar-refractivity contribution in [2.45, 2.75) is 24.5 Å². The van der Waals surface area contributed by atoms with Gasteiger partial charge in [0.05, 0.1) is 19.1 Å². The molecule has 1 fully saturated rings. The normalized spacial score (nSPS) is 24.6. The Kier molecular flexibility index (Phi) is 5.07. The van der Waals surface area contributed by atoms with Crippen LogP contribution in [0, 0.1) is 5.82 Å². The highest BCUT2D eigenvalue weighted by Crippen LogP contribution is 2.32. The number of rotatable bonds is 5. The highest BCUT2D eigenvalue weighted by Gasteiger charge is 2.44. The number of halogens is 1. The molecule has 1 aliphatic rings. The maximum Gasteiger partial charge on any atom is 0.247 e. The van der Waals surface area contributed by atoms with Gasteiger partial charge in [-0.25, -0.2) is 14.8 Å². The molecule has 3 aromatic rings. The van der Waals surface area contributed by atoms with Crippen molar-refractivity contribution in [1.82, 2.24) is 19.5 Å². The van der Waals surface area contributed by atoms with Gasteiger partial charge in [0.2, 0.25) is 5.95 Å². The molecule has 0 saturated carbocycles. The Labute approximate surface area is 163 Å². The third-order valence-electron chi connectivity index (χ3n) is 4.47. The molecule has 0 bridgehead atoms. The quantitative estimate of drug-likeness (QED) is 0.282. The number of benzene rings is 1. The van der Waals surface area contributed by atoms with Gasteiger partial charge in [-0.1, -0.05) is 12.1 Å². The van der Waals surface area contributed by atoms with E-state index >= 15 is 0 Å². The Morgan fingerprint density at radius 3 is 2.86 bits per heavy atom. The highest BCUT2D eigenvalue weighted by atomic mass is 19.1. The fourth-order valence-electron chi connectivity index (χ4n) is 3.04. The summed E-state index contributed by atoms with van der Waals surface area (Å²) >= 11 is 0. The first-order valence-corrected chi connectivity index (χ1v) is 8.65. The number of hydrogen-bond donors (Lipinski definition) is 5. The van der Waals surface area contributed by atoms with Gasteiger partial charge in [0.1, 0.15) is 29.6 Å². The first-order chi connectivity index (χ1) is 14.0. The Balaban J connectivity index is 1.62. The van der Waals surface area contributed by atoms with Crippen molar-refractivity contribution in [2.75, 3.05) is 17.8 Å². The molecule has 11 nitrogen and oxygen atoms in total. The van der Waals surface area contributed by atoms with E-state index < -0.39 is 37.0 Å². The lowest BCUT2D eigenvalue weighted by atomic mass is 10.1. The van der Waals surface area contributed by atoms with Crippen LogP contribution >= 0.6 is 0 Å². The second-order valence-corrected chi connectivity index (χ2v) is 6.41. The molecular weight excluding hydrogens is 385 g/mol. The summed E-state index contributed by atoms with van der Waals surface area (Å²) in [5, 5.41) is 33.4. The number of hydrazone groups is 1. The number of aromatic nitrogens is 4. The molecule has 6 N–H and O–H groups in total. The Hall–Kier alpha value is -3.19. The molecule has 29 heavy (non-hydrogen) atoms. The SMILES string of the molecule is Nc1nc(N/N=C/c2cccc(F)c2)nc2c1ncn2C1O[C@H](CO)[C@@H](O)[C@H]1O. The van der Waals surface area contributed by atoms with E-state index in [-0.39, 0.29) is 22.9 Å². The second-order valence-electron chi connectivity index (χ2n) is 6.41. The number of nitrogens with two attached hydrogens (primary N) is 1. The van der Waals surface area contributed by atoms with Gasteiger partial charge in [0.25, 0.3) is 0 Å². The Bertz CT molecular complexity index is 1060. The van der Waals surface area contributed by atoms with Crippen LogP contribution in [-0.4, -0.2) is 66.0 Å². The zero-order valence-electron chi connectivity index (χ0n) is 14.9. The molecule has 1 unspecified atom stereocenters. The molecule has 1 aromatic carbocycles. The molecule has 3 heterocycles. The minimum Gasteiger partial charge on any atom is -0.394 e. The number of nitrogen functional groups attached to an aromatic ring is 1. The van der Waals surface area contributed by atoms with Gasteiger partial charge in [-0.15, -0.1) is 0 Å². The van der Waals surface area contributed by atoms with E-state index in [0.717, 1.165) is 0 Å². The topological polar surface area (TPSA) is 164 Å². The molecule has 12 heteroatoms.